The van der Waals surface area contributed by atoms with Crippen LogP contribution in [0.1, 0.15) is 20.8 Å². The van der Waals surface area contributed by atoms with Crippen LogP contribution in [-0.2, 0) is 19.1 Å². The van der Waals surface area contributed by atoms with Gasteiger partial charge < -0.3 is 9.47 Å². The second kappa shape index (κ2) is 4.68. The molecule has 0 aromatic carbocycles. The highest BCUT2D eigenvalue weighted by Crippen LogP contribution is 2.59. The fourth-order valence-electron chi connectivity index (χ4n) is 1.97. The Morgan fingerprint density at radius 2 is 2.00 bits per heavy atom. The van der Waals surface area contributed by atoms with Gasteiger partial charge in [-0.05, 0) is 18.3 Å². The average Bonchev–Trinajstić information content (AvgIpc) is 2.77. The molecule has 0 aliphatic heterocycles. The summed E-state index contributed by atoms with van der Waals surface area (Å²) < 4.78 is 9.47. The summed E-state index contributed by atoms with van der Waals surface area (Å²) in [4.78, 5) is 22.5. The van der Waals surface area contributed by atoms with Crippen LogP contribution < -0.4 is 0 Å². The van der Waals surface area contributed by atoms with E-state index in [0.717, 1.165) is 0 Å². The van der Waals surface area contributed by atoms with Gasteiger partial charge in [0.15, 0.2) is 0 Å². The summed E-state index contributed by atoms with van der Waals surface area (Å²) in [5.41, 5.74) is -0.128. The van der Waals surface area contributed by atoms with E-state index >= 15 is 0 Å². The molecule has 1 fully saturated rings. The van der Waals surface area contributed by atoms with Crippen LogP contribution in [0.4, 0.5) is 0 Å². The maximum Gasteiger partial charge on any atom is 0.330 e. The molecule has 0 spiro atoms. The maximum atomic E-state index is 11.6. The molecular weight excluding hydrogens is 208 g/mol. The minimum Gasteiger partial charge on any atom is -0.466 e. The molecule has 1 aliphatic rings. The SMILES string of the molecule is CCOC(=O)[C@@H]1[C@@H](/C=C/C(=O)OC)C1(C)C. The lowest BCUT2D eigenvalue weighted by atomic mass is 10.1. The lowest BCUT2D eigenvalue weighted by molar-refractivity contribution is -0.145. The van der Waals surface area contributed by atoms with Crippen molar-refractivity contribution in [2.24, 2.45) is 17.3 Å². The normalized spacial score (nSPS) is 26.5. The van der Waals surface area contributed by atoms with E-state index in [9.17, 15) is 9.59 Å². The molecule has 0 N–H and O–H groups in total. The topological polar surface area (TPSA) is 52.6 Å². The quantitative estimate of drug-likeness (QED) is 0.539. The minimum absolute atomic E-state index is 0.0608. The number of methoxy groups -OCH3 is 1. The summed E-state index contributed by atoms with van der Waals surface area (Å²) in [5.74, 6) is -0.670. The first-order chi connectivity index (χ1) is 7.45. The van der Waals surface area contributed by atoms with Crippen LogP contribution in [0, 0.1) is 17.3 Å². The molecule has 0 radical (unpaired) electrons. The van der Waals surface area contributed by atoms with Crippen molar-refractivity contribution < 1.29 is 19.1 Å². The molecule has 1 saturated carbocycles. The fourth-order valence-corrected chi connectivity index (χ4v) is 1.97. The summed E-state index contributed by atoms with van der Waals surface area (Å²) >= 11 is 0. The summed E-state index contributed by atoms with van der Waals surface area (Å²) in [6, 6.07) is 0. The second-order valence-electron chi connectivity index (χ2n) is 4.46. The van der Waals surface area contributed by atoms with E-state index in [1.807, 2.05) is 13.8 Å². The van der Waals surface area contributed by atoms with Crippen molar-refractivity contribution in [3.63, 3.8) is 0 Å². The standard InChI is InChI=1S/C12H18O4/c1-5-16-11(14)10-8(12(10,2)3)6-7-9(13)15-4/h6-8,10H,5H2,1-4H3/b7-6+/t8-,10+/m1/s1. The lowest BCUT2D eigenvalue weighted by Crippen LogP contribution is -2.10. The smallest absolute Gasteiger partial charge is 0.330 e. The van der Waals surface area contributed by atoms with Gasteiger partial charge in [-0.3, -0.25) is 4.79 Å². The highest BCUT2D eigenvalue weighted by molar-refractivity contribution is 5.83. The third-order valence-corrected chi connectivity index (χ3v) is 3.09. The van der Waals surface area contributed by atoms with Crippen molar-refractivity contribution in [3.05, 3.63) is 12.2 Å². The van der Waals surface area contributed by atoms with Gasteiger partial charge in [-0.1, -0.05) is 19.9 Å². The molecule has 1 rings (SSSR count). The molecule has 0 unspecified atom stereocenters. The van der Waals surface area contributed by atoms with Crippen molar-refractivity contribution in [1.82, 2.24) is 0 Å². The summed E-state index contributed by atoms with van der Waals surface area (Å²) in [7, 11) is 1.33. The van der Waals surface area contributed by atoms with Crippen molar-refractivity contribution in [2.75, 3.05) is 13.7 Å². The van der Waals surface area contributed by atoms with E-state index in [-0.39, 0.29) is 23.2 Å². The molecule has 0 aromatic rings. The maximum absolute atomic E-state index is 11.6. The Labute approximate surface area is 95.6 Å². The van der Waals surface area contributed by atoms with Gasteiger partial charge >= 0.3 is 11.9 Å². The number of carbonyl (C=O) groups excluding carboxylic acids is 2. The van der Waals surface area contributed by atoms with Crippen LogP contribution in [0.3, 0.4) is 0 Å². The second-order valence-corrected chi connectivity index (χ2v) is 4.46. The van der Waals surface area contributed by atoms with Crippen molar-refractivity contribution in [3.8, 4) is 0 Å². The summed E-state index contributed by atoms with van der Waals surface area (Å²) in [6.45, 7) is 6.15. The predicted molar refractivity (Wildman–Crippen MR) is 58.6 cm³/mol. The molecule has 1 aliphatic carbocycles. The molecule has 16 heavy (non-hydrogen) atoms. The molecule has 0 bridgehead atoms. The van der Waals surface area contributed by atoms with E-state index in [1.165, 1.54) is 13.2 Å². The molecule has 0 amide bonds. The molecule has 0 aromatic heterocycles. The molecule has 0 saturated heterocycles. The lowest BCUT2D eigenvalue weighted by Gasteiger charge is -2.01. The van der Waals surface area contributed by atoms with Gasteiger partial charge in [0.05, 0.1) is 19.6 Å². The van der Waals surface area contributed by atoms with Crippen molar-refractivity contribution >= 4 is 11.9 Å². The Bertz CT molecular complexity index is 317. The van der Waals surface area contributed by atoms with Crippen LogP contribution in [0.2, 0.25) is 0 Å². The van der Waals surface area contributed by atoms with Gasteiger partial charge in [-0.2, -0.15) is 0 Å². The first kappa shape index (κ1) is 12.7. The van der Waals surface area contributed by atoms with Gasteiger partial charge in [-0.15, -0.1) is 0 Å². The van der Waals surface area contributed by atoms with Crippen LogP contribution >= 0.6 is 0 Å². The monoisotopic (exact) mass is 226 g/mol. The average molecular weight is 226 g/mol. The number of carbonyl (C=O) groups is 2. The van der Waals surface area contributed by atoms with Crippen LogP contribution in [-0.4, -0.2) is 25.7 Å². The van der Waals surface area contributed by atoms with E-state index < -0.39 is 5.97 Å². The van der Waals surface area contributed by atoms with Crippen molar-refractivity contribution in [1.29, 1.82) is 0 Å². The predicted octanol–water partition coefficient (Wildman–Crippen LogP) is 1.55. The number of hydrogen-bond acceptors (Lipinski definition) is 4. The zero-order valence-electron chi connectivity index (χ0n) is 10.1. The number of esters is 2. The van der Waals surface area contributed by atoms with E-state index in [1.54, 1.807) is 13.0 Å². The highest BCUT2D eigenvalue weighted by Gasteiger charge is 2.61. The molecule has 90 valence electrons. The van der Waals surface area contributed by atoms with E-state index in [0.29, 0.717) is 6.61 Å². The molecule has 4 nitrogen and oxygen atoms in total. The van der Waals surface area contributed by atoms with E-state index in [4.69, 9.17) is 4.74 Å². The van der Waals surface area contributed by atoms with Gasteiger partial charge in [0.2, 0.25) is 0 Å². The summed E-state index contributed by atoms with van der Waals surface area (Å²) in [5, 5.41) is 0. The molecule has 2 atom stereocenters. The van der Waals surface area contributed by atoms with Crippen molar-refractivity contribution in [2.45, 2.75) is 20.8 Å². The molecule has 4 heteroatoms. The molecular formula is C12H18O4. The summed E-state index contributed by atoms with van der Waals surface area (Å²) in [6.07, 6.45) is 3.10. The Hall–Kier alpha value is -1.32. The van der Waals surface area contributed by atoms with Crippen LogP contribution in [0.15, 0.2) is 12.2 Å². The fraction of sp³-hybridized carbons (Fsp3) is 0.667. The largest absolute Gasteiger partial charge is 0.466 e. The molecule has 0 heterocycles. The third kappa shape index (κ3) is 2.43. The Balaban J connectivity index is 2.60. The van der Waals surface area contributed by atoms with Crippen LogP contribution in [0.25, 0.3) is 0 Å². The van der Waals surface area contributed by atoms with Gasteiger partial charge in [0.1, 0.15) is 0 Å². The zero-order chi connectivity index (χ0) is 12.3. The third-order valence-electron chi connectivity index (χ3n) is 3.09. The van der Waals surface area contributed by atoms with Gasteiger partial charge in [0, 0.05) is 6.08 Å². The first-order valence-electron chi connectivity index (χ1n) is 5.38. The zero-order valence-corrected chi connectivity index (χ0v) is 10.1. The Morgan fingerprint density at radius 1 is 1.38 bits per heavy atom. The van der Waals surface area contributed by atoms with Gasteiger partial charge in [0.25, 0.3) is 0 Å². The van der Waals surface area contributed by atoms with Crippen LogP contribution in [0.5, 0.6) is 0 Å². The number of ether oxygens (including phenoxy) is 2. The first-order valence-corrected chi connectivity index (χ1v) is 5.38. The highest BCUT2D eigenvalue weighted by atomic mass is 16.5. The number of rotatable bonds is 4. The minimum atomic E-state index is -0.398. The number of allylic oxidation sites excluding steroid dienone is 1. The number of hydrogen-bond donors (Lipinski definition) is 0. The van der Waals surface area contributed by atoms with Gasteiger partial charge in [-0.25, -0.2) is 4.79 Å². The Morgan fingerprint density at radius 3 is 2.50 bits per heavy atom. The van der Waals surface area contributed by atoms with E-state index in [2.05, 4.69) is 4.74 Å². The Kier molecular flexibility index (Phi) is 3.73.